The van der Waals surface area contributed by atoms with Gasteiger partial charge in [-0.2, -0.15) is 0 Å². The molecule has 0 saturated heterocycles. The Hall–Kier alpha value is -3.19. The number of hydrogen-bond acceptors (Lipinski definition) is 5. The number of thiazole rings is 1. The van der Waals surface area contributed by atoms with Crippen LogP contribution in [0.4, 0.5) is 5.13 Å². The second kappa shape index (κ2) is 8.89. The van der Waals surface area contributed by atoms with Crippen molar-refractivity contribution < 1.29 is 14.3 Å². The SMILES string of the molecule is COc1ccccc1C(=O)NCC1(c2ccccc2)CCc2nc(NC(C)=O)sc2C1. The smallest absolute Gasteiger partial charge is 0.255 e. The standard InChI is InChI=1S/C24H25N3O3S/c1-16(28)26-23-27-19-12-13-24(14-21(19)31-23,17-8-4-3-5-9-17)15-25-22(29)18-10-6-7-11-20(18)30-2/h3-11H,12-15H2,1-2H3,(H,25,29)(H,26,27,28). The molecule has 0 fully saturated rings. The van der Waals surface area contributed by atoms with Gasteiger partial charge < -0.3 is 15.4 Å². The van der Waals surface area contributed by atoms with Gasteiger partial charge in [0.1, 0.15) is 5.75 Å². The zero-order valence-electron chi connectivity index (χ0n) is 17.6. The Kier molecular flexibility index (Phi) is 6.04. The predicted molar refractivity (Wildman–Crippen MR) is 122 cm³/mol. The van der Waals surface area contributed by atoms with E-state index in [1.54, 1.807) is 19.2 Å². The van der Waals surface area contributed by atoms with Crippen LogP contribution in [0, 0.1) is 0 Å². The average molecular weight is 436 g/mol. The molecule has 0 bridgehead atoms. The summed E-state index contributed by atoms with van der Waals surface area (Å²) in [6, 6.07) is 17.5. The Bertz CT molecular complexity index is 1100. The highest BCUT2D eigenvalue weighted by atomic mass is 32.1. The molecule has 1 aromatic heterocycles. The number of fused-ring (bicyclic) bond motifs is 1. The molecular formula is C24H25N3O3S. The third-order valence-corrected chi connectivity index (χ3v) is 6.74. The molecule has 0 saturated carbocycles. The van der Waals surface area contributed by atoms with E-state index < -0.39 is 0 Å². The highest BCUT2D eigenvalue weighted by molar-refractivity contribution is 7.15. The van der Waals surface area contributed by atoms with Crippen LogP contribution in [0.5, 0.6) is 5.75 Å². The number of ether oxygens (including phenoxy) is 1. The van der Waals surface area contributed by atoms with Crippen molar-refractivity contribution in [3.8, 4) is 5.75 Å². The number of aryl methyl sites for hydroxylation is 1. The number of para-hydroxylation sites is 1. The third kappa shape index (κ3) is 4.46. The molecule has 2 N–H and O–H groups in total. The number of nitrogens with one attached hydrogen (secondary N) is 2. The number of nitrogens with zero attached hydrogens (tertiary/aromatic N) is 1. The lowest BCUT2D eigenvalue weighted by molar-refractivity contribution is -0.114. The first kappa shape index (κ1) is 21.1. The molecular weight excluding hydrogens is 410 g/mol. The molecule has 7 heteroatoms. The molecule has 1 heterocycles. The first-order chi connectivity index (χ1) is 15.0. The summed E-state index contributed by atoms with van der Waals surface area (Å²) in [7, 11) is 1.57. The number of anilines is 1. The fraction of sp³-hybridized carbons (Fsp3) is 0.292. The van der Waals surface area contributed by atoms with Gasteiger partial charge in [-0.25, -0.2) is 4.98 Å². The van der Waals surface area contributed by atoms with Gasteiger partial charge in [-0.3, -0.25) is 9.59 Å². The zero-order valence-corrected chi connectivity index (χ0v) is 18.4. The van der Waals surface area contributed by atoms with Crippen molar-refractivity contribution >= 4 is 28.3 Å². The Labute approximate surface area is 185 Å². The average Bonchev–Trinajstić information content (AvgIpc) is 3.18. The summed E-state index contributed by atoms with van der Waals surface area (Å²) in [6.07, 6.45) is 2.42. The van der Waals surface area contributed by atoms with Crippen LogP contribution in [0.1, 0.15) is 39.8 Å². The zero-order chi connectivity index (χ0) is 21.8. The monoisotopic (exact) mass is 435 g/mol. The minimum Gasteiger partial charge on any atom is -0.496 e. The third-order valence-electron chi connectivity index (χ3n) is 5.73. The molecule has 3 aromatic rings. The van der Waals surface area contributed by atoms with Crippen LogP contribution in [-0.4, -0.2) is 30.5 Å². The highest BCUT2D eigenvalue weighted by Gasteiger charge is 2.38. The van der Waals surface area contributed by atoms with E-state index in [0.29, 0.717) is 23.0 Å². The number of methoxy groups -OCH3 is 1. The Morgan fingerprint density at radius 2 is 1.87 bits per heavy atom. The normalized spacial score (nSPS) is 17.5. The van der Waals surface area contributed by atoms with E-state index in [9.17, 15) is 9.59 Å². The Morgan fingerprint density at radius 1 is 1.13 bits per heavy atom. The van der Waals surface area contributed by atoms with E-state index in [0.717, 1.165) is 29.8 Å². The fourth-order valence-corrected chi connectivity index (χ4v) is 5.34. The molecule has 2 aromatic carbocycles. The lowest BCUT2D eigenvalue weighted by Gasteiger charge is -2.37. The molecule has 0 aliphatic heterocycles. The summed E-state index contributed by atoms with van der Waals surface area (Å²) < 4.78 is 5.35. The maximum atomic E-state index is 13.0. The molecule has 0 radical (unpaired) electrons. The molecule has 2 amide bonds. The number of hydrogen-bond donors (Lipinski definition) is 2. The van der Waals surface area contributed by atoms with Gasteiger partial charge in [0, 0.05) is 23.8 Å². The molecule has 1 atom stereocenters. The molecule has 4 rings (SSSR count). The van der Waals surface area contributed by atoms with Crippen molar-refractivity contribution in [1.82, 2.24) is 10.3 Å². The van der Waals surface area contributed by atoms with Crippen LogP contribution >= 0.6 is 11.3 Å². The first-order valence-electron chi connectivity index (χ1n) is 10.2. The van der Waals surface area contributed by atoms with Crippen LogP contribution in [0.3, 0.4) is 0 Å². The van der Waals surface area contributed by atoms with Crippen molar-refractivity contribution in [3.63, 3.8) is 0 Å². The van der Waals surface area contributed by atoms with Crippen molar-refractivity contribution in [3.05, 3.63) is 76.3 Å². The second-order valence-corrected chi connectivity index (χ2v) is 8.86. The summed E-state index contributed by atoms with van der Waals surface area (Å²) in [4.78, 5) is 30.2. The molecule has 1 aliphatic carbocycles. The summed E-state index contributed by atoms with van der Waals surface area (Å²) in [6.45, 7) is 1.99. The topological polar surface area (TPSA) is 80.3 Å². The van der Waals surface area contributed by atoms with Gasteiger partial charge in [-0.15, -0.1) is 11.3 Å². The molecule has 1 unspecified atom stereocenters. The number of rotatable bonds is 6. The van der Waals surface area contributed by atoms with Gasteiger partial charge in [-0.1, -0.05) is 42.5 Å². The van der Waals surface area contributed by atoms with Crippen molar-refractivity contribution in [2.45, 2.75) is 31.6 Å². The van der Waals surface area contributed by atoms with E-state index in [2.05, 4.69) is 27.8 Å². The molecule has 1 aliphatic rings. The molecule has 6 nitrogen and oxygen atoms in total. The van der Waals surface area contributed by atoms with Crippen LogP contribution in [0.15, 0.2) is 54.6 Å². The van der Waals surface area contributed by atoms with E-state index in [4.69, 9.17) is 4.74 Å². The largest absolute Gasteiger partial charge is 0.496 e. The fourth-order valence-electron chi connectivity index (χ4n) is 4.14. The summed E-state index contributed by atoms with van der Waals surface area (Å²) >= 11 is 1.52. The van der Waals surface area contributed by atoms with E-state index in [1.165, 1.54) is 23.8 Å². The molecule has 160 valence electrons. The maximum Gasteiger partial charge on any atom is 0.255 e. The minimum atomic E-state index is -0.244. The highest BCUT2D eigenvalue weighted by Crippen LogP contribution is 2.41. The van der Waals surface area contributed by atoms with Crippen LogP contribution in [0.25, 0.3) is 0 Å². The van der Waals surface area contributed by atoms with E-state index in [1.807, 2.05) is 30.3 Å². The summed E-state index contributed by atoms with van der Waals surface area (Å²) in [5, 5.41) is 6.58. The lowest BCUT2D eigenvalue weighted by Crippen LogP contribution is -2.44. The van der Waals surface area contributed by atoms with Crippen molar-refractivity contribution in [1.29, 1.82) is 0 Å². The van der Waals surface area contributed by atoms with Crippen molar-refractivity contribution in [2.24, 2.45) is 0 Å². The minimum absolute atomic E-state index is 0.121. The van der Waals surface area contributed by atoms with E-state index in [-0.39, 0.29) is 17.2 Å². The van der Waals surface area contributed by atoms with E-state index >= 15 is 0 Å². The van der Waals surface area contributed by atoms with Gasteiger partial charge in [0.2, 0.25) is 5.91 Å². The number of carbonyl (C=O) groups excluding carboxylic acids is 2. The number of benzene rings is 2. The molecule has 31 heavy (non-hydrogen) atoms. The van der Waals surface area contributed by atoms with Crippen LogP contribution in [-0.2, 0) is 23.1 Å². The van der Waals surface area contributed by atoms with Crippen molar-refractivity contribution in [2.75, 3.05) is 19.0 Å². The number of aromatic nitrogens is 1. The Balaban J connectivity index is 1.61. The summed E-state index contributed by atoms with van der Waals surface area (Å²) in [5.74, 6) is 0.286. The van der Waals surface area contributed by atoms with Gasteiger partial charge in [0.05, 0.1) is 18.4 Å². The predicted octanol–water partition coefficient (Wildman–Crippen LogP) is 3.97. The Morgan fingerprint density at radius 3 is 2.61 bits per heavy atom. The number of amides is 2. The summed E-state index contributed by atoms with van der Waals surface area (Å²) in [5.41, 5.74) is 2.51. The maximum absolute atomic E-state index is 13.0. The quantitative estimate of drug-likeness (QED) is 0.614. The van der Waals surface area contributed by atoms with Crippen LogP contribution in [0.2, 0.25) is 0 Å². The number of carbonyl (C=O) groups is 2. The second-order valence-electron chi connectivity index (χ2n) is 7.78. The first-order valence-corrected chi connectivity index (χ1v) is 11.1. The van der Waals surface area contributed by atoms with Gasteiger partial charge in [0.25, 0.3) is 5.91 Å². The van der Waals surface area contributed by atoms with Gasteiger partial charge >= 0.3 is 0 Å². The van der Waals surface area contributed by atoms with Gasteiger partial charge in [-0.05, 0) is 37.0 Å². The van der Waals surface area contributed by atoms with Gasteiger partial charge in [0.15, 0.2) is 5.13 Å². The molecule has 0 spiro atoms. The van der Waals surface area contributed by atoms with Crippen LogP contribution < -0.4 is 15.4 Å². The lowest BCUT2D eigenvalue weighted by atomic mass is 9.70.